The largest absolute Gasteiger partial charge is 0.310 e. The molecule has 0 aromatic carbocycles. The molecule has 0 saturated heterocycles. The minimum atomic E-state index is 1.01. The van der Waals surface area contributed by atoms with Crippen molar-refractivity contribution < 1.29 is 0 Å². The topological polar surface area (TPSA) is 29.9 Å². The number of aromatic nitrogens is 2. The normalized spacial score (nSPS) is 15.5. The van der Waals surface area contributed by atoms with Gasteiger partial charge in [-0.1, -0.05) is 6.92 Å². The van der Waals surface area contributed by atoms with E-state index in [4.69, 9.17) is 0 Å². The van der Waals surface area contributed by atoms with Gasteiger partial charge in [0.2, 0.25) is 0 Å². The fourth-order valence-corrected chi connectivity index (χ4v) is 1.84. The summed E-state index contributed by atoms with van der Waals surface area (Å²) in [7, 11) is 0. The third kappa shape index (κ3) is 1.69. The number of aryl methyl sites for hydroxylation is 1. The highest BCUT2D eigenvalue weighted by Crippen LogP contribution is 2.19. The van der Waals surface area contributed by atoms with Crippen molar-refractivity contribution in [2.45, 2.75) is 39.0 Å². The van der Waals surface area contributed by atoms with Crippen LogP contribution in [0.4, 0.5) is 0 Å². The molecule has 2 rings (SSSR count). The van der Waals surface area contributed by atoms with Crippen LogP contribution in [0.1, 0.15) is 37.4 Å². The molecular weight excluding hydrogens is 162 g/mol. The van der Waals surface area contributed by atoms with Crippen molar-refractivity contribution in [1.82, 2.24) is 9.89 Å². The lowest BCUT2D eigenvalue weighted by Gasteiger charge is -2.14. The van der Waals surface area contributed by atoms with E-state index >= 15 is 0 Å². The van der Waals surface area contributed by atoms with Crippen molar-refractivity contribution in [1.29, 1.82) is 0 Å². The summed E-state index contributed by atoms with van der Waals surface area (Å²) in [5.41, 5.74) is 6.15. The predicted octanol–water partition coefficient (Wildman–Crippen LogP) is 1.72. The van der Waals surface area contributed by atoms with E-state index in [1.165, 1.54) is 36.9 Å². The van der Waals surface area contributed by atoms with Gasteiger partial charge in [0.1, 0.15) is 0 Å². The lowest BCUT2D eigenvalue weighted by atomic mass is 9.99. The van der Waals surface area contributed by atoms with Crippen LogP contribution in [0.5, 0.6) is 0 Å². The van der Waals surface area contributed by atoms with E-state index in [0.717, 1.165) is 13.0 Å². The SMILES string of the molecule is CCCNn1ncc2c1CCCC2. The molecule has 1 aromatic heterocycles. The molecule has 0 radical (unpaired) electrons. The predicted molar refractivity (Wildman–Crippen MR) is 53.4 cm³/mol. The zero-order valence-corrected chi connectivity index (χ0v) is 8.21. The summed E-state index contributed by atoms with van der Waals surface area (Å²) < 4.78 is 0. The average molecular weight is 179 g/mol. The van der Waals surface area contributed by atoms with Crippen molar-refractivity contribution in [2.75, 3.05) is 12.0 Å². The van der Waals surface area contributed by atoms with Gasteiger partial charge in [0.15, 0.2) is 0 Å². The second-order valence-corrected chi connectivity index (χ2v) is 3.64. The Morgan fingerprint density at radius 1 is 1.46 bits per heavy atom. The van der Waals surface area contributed by atoms with E-state index in [0.29, 0.717) is 0 Å². The zero-order valence-electron chi connectivity index (χ0n) is 8.21. The molecule has 3 nitrogen and oxygen atoms in total. The number of rotatable bonds is 3. The molecule has 1 heterocycles. The summed E-state index contributed by atoms with van der Waals surface area (Å²) in [6.45, 7) is 3.18. The van der Waals surface area contributed by atoms with Crippen molar-refractivity contribution in [3.8, 4) is 0 Å². The van der Waals surface area contributed by atoms with Crippen LogP contribution in [0.3, 0.4) is 0 Å². The van der Waals surface area contributed by atoms with Gasteiger partial charge in [-0.15, -0.1) is 0 Å². The van der Waals surface area contributed by atoms with Crippen LogP contribution in [0.2, 0.25) is 0 Å². The van der Waals surface area contributed by atoms with Gasteiger partial charge in [-0.3, -0.25) is 0 Å². The molecule has 3 heteroatoms. The second kappa shape index (κ2) is 3.81. The van der Waals surface area contributed by atoms with Crippen LogP contribution < -0.4 is 5.43 Å². The van der Waals surface area contributed by atoms with Gasteiger partial charge in [-0.05, 0) is 37.7 Å². The van der Waals surface area contributed by atoms with Gasteiger partial charge < -0.3 is 5.43 Å². The van der Waals surface area contributed by atoms with Crippen LogP contribution in [-0.2, 0) is 12.8 Å². The van der Waals surface area contributed by atoms with Crippen LogP contribution in [0.25, 0.3) is 0 Å². The number of fused-ring (bicyclic) bond motifs is 1. The minimum Gasteiger partial charge on any atom is -0.310 e. The summed E-state index contributed by atoms with van der Waals surface area (Å²) in [5, 5.41) is 4.34. The first kappa shape index (κ1) is 8.60. The molecule has 1 N–H and O–H groups in total. The molecule has 1 aliphatic carbocycles. The summed E-state index contributed by atoms with van der Waals surface area (Å²) in [4.78, 5) is 1.97. The minimum absolute atomic E-state index is 1.01. The molecule has 0 spiro atoms. The van der Waals surface area contributed by atoms with E-state index in [9.17, 15) is 0 Å². The van der Waals surface area contributed by atoms with E-state index in [2.05, 4.69) is 17.4 Å². The van der Waals surface area contributed by atoms with Crippen molar-refractivity contribution in [3.63, 3.8) is 0 Å². The Bertz CT molecular complexity index is 278. The Kier molecular flexibility index (Phi) is 2.52. The molecule has 0 fully saturated rings. The highest BCUT2D eigenvalue weighted by Gasteiger charge is 2.14. The standard InChI is InChI=1S/C10H17N3/c1-2-7-11-13-10-6-4-3-5-9(10)8-12-13/h8,11H,2-7H2,1H3. The molecular formula is C10H17N3. The van der Waals surface area contributed by atoms with Crippen molar-refractivity contribution in [2.24, 2.45) is 0 Å². The first-order valence-corrected chi connectivity index (χ1v) is 5.21. The van der Waals surface area contributed by atoms with Gasteiger partial charge in [-0.2, -0.15) is 9.89 Å². The second-order valence-electron chi connectivity index (χ2n) is 3.64. The Morgan fingerprint density at radius 3 is 3.15 bits per heavy atom. The van der Waals surface area contributed by atoms with Gasteiger partial charge >= 0.3 is 0 Å². The first-order chi connectivity index (χ1) is 6.42. The van der Waals surface area contributed by atoms with E-state index in [1.807, 2.05) is 11.0 Å². The smallest absolute Gasteiger partial charge is 0.0651 e. The summed E-state index contributed by atoms with van der Waals surface area (Å²) in [6, 6.07) is 0. The maximum Gasteiger partial charge on any atom is 0.0651 e. The number of nitrogens with one attached hydrogen (secondary N) is 1. The molecule has 72 valence electrons. The van der Waals surface area contributed by atoms with Gasteiger partial charge in [0, 0.05) is 6.54 Å². The maximum absolute atomic E-state index is 4.34. The van der Waals surface area contributed by atoms with Crippen molar-refractivity contribution >= 4 is 0 Å². The van der Waals surface area contributed by atoms with Crippen LogP contribution >= 0.6 is 0 Å². The van der Waals surface area contributed by atoms with Crippen LogP contribution in [0, 0.1) is 0 Å². The first-order valence-electron chi connectivity index (χ1n) is 5.21. The molecule has 0 unspecified atom stereocenters. The molecule has 0 atom stereocenters. The Balaban J connectivity index is 2.12. The van der Waals surface area contributed by atoms with Gasteiger partial charge in [0.05, 0.1) is 11.9 Å². The number of hydrogen-bond acceptors (Lipinski definition) is 2. The molecule has 0 saturated carbocycles. The third-order valence-electron chi connectivity index (χ3n) is 2.58. The van der Waals surface area contributed by atoms with Crippen molar-refractivity contribution in [3.05, 3.63) is 17.5 Å². The lowest BCUT2D eigenvalue weighted by Crippen LogP contribution is -2.20. The highest BCUT2D eigenvalue weighted by molar-refractivity contribution is 5.21. The lowest BCUT2D eigenvalue weighted by molar-refractivity contribution is 0.617. The van der Waals surface area contributed by atoms with Crippen LogP contribution in [0.15, 0.2) is 6.20 Å². The third-order valence-corrected chi connectivity index (χ3v) is 2.58. The fourth-order valence-electron chi connectivity index (χ4n) is 1.84. The fraction of sp³-hybridized carbons (Fsp3) is 0.700. The van der Waals surface area contributed by atoms with E-state index < -0.39 is 0 Å². The monoisotopic (exact) mass is 179 g/mol. The molecule has 1 aromatic rings. The molecule has 0 amide bonds. The molecule has 0 bridgehead atoms. The Morgan fingerprint density at radius 2 is 2.31 bits per heavy atom. The van der Waals surface area contributed by atoms with Crippen LogP contribution in [-0.4, -0.2) is 16.4 Å². The molecule has 1 aliphatic rings. The Hall–Kier alpha value is -0.990. The summed E-state index contributed by atoms with van der Waals surface area (Å²) >= 11 is 0. The van der Waals surface area contributed by atoms with E-state index in [-0.39, 0.29) is 0 Å². The maximum atomic E-state index is 4.34. The van der Waals surface area contributed by atoms with Gasteiger partial charge in [-0.25, -0.2) is 0 Å². The highest BCUT2D eigenvalue weighted by atomic mass is 15.6. The Labute approximate surface area is 79.1 Å². The summed E-state index contributed by atoms with van der Waals surface area (Å²) in [6.07, 6.45) is 8.19. The average Bonchev–Trinajstić information content (AvgIpc) is 2.58. The molecule has 13 heavy (non-hydrogen) atoms. The van der Waals surface area contributed by atoms with Gasteiger partial charge in [0.25, 0.3) is 0 Å². The number of nitrogens with zero attached hydrogens (tertiary/aromatic N) is 2. The zero-order chi connectivity index (χ0) is 9.10. The number of hydrogen-bond donors (Lipinski definition) is 1. The quantitative estimate of drug-likeness (QED) is 0.765. The summed E-state index contributed by atoms with van der Waals surface area (Å²) in [5.74, 6) is 0. The molecule has 0 aliphatic heterocycles. The van der Waals surface area contributed by atoms with E-state index in [1.54, 1.807) is 0 Å².